The van der Waals surface area contributed by atoms with Gasteiger partial charge >= 0.3 is 0 Å². The van der Waals surface area contributed by atoms with Crippen LogP contribution in [0.1, 0.15) is 6.92 Å². The van der Waals surface area contributed by atoms with E-state index in [1.54, 1.807) is 24.3 Å². The minimum atomic E-state index is 0.762. The monoisotopic (exact) mass is 359 g/mol. The molecular weight excluding hydrogens is 353 g/mol. The lowest BCUT2D eigenvalue weighted by Crippen LogP contribution is -2.00. The zero-order valence-corrected chi connectivity index (χ0v) is 10.9. The molecule has 0 atom stereocenters. The van der Waals surface area contributed by atoms with Crippen LogP contribution in [0.3, 0.4) is 0 Å². The summed E-state index contributed by atoms with van der Waals surface area (Å²) in [4.78, 5) is 8.26. The van der Waals surface area contributed by atoms with Crippen molar-refractivity contribution >= 4 is 56.6 Å². The maximum Gasteiger partial charge on any atom is 0.166 e. The largest absolute Gasteiger partial charge is 0.244 e. The van der Waals surface area contributed by atoms with Crippen molar-refractivity contribution in [2.75, 3.05) is 8.27 Å². The summed E-state index contributed by atoms with van der Waals surface area (Å²) >= 11 is 7.12. The third-order valence-electron chi connectivity index (χ3n) is 1.03. The second kappa shape index (κ2) is 5.23. The fraction of sp³-hybridized carbons (Fsp3) is 0.333. The smallest absolute Gasteiger partial charge is 0.166 e. The summed E-state index contributed by atoms with van der Waals surface area (Å²) in [6, 6.07) is 0. The molecule has 66 valence electrons. The molecule has 0 saturated heterocycles. The van der Waals surface area contributed by atoms with Crippen LogP contribution in [0.25, 0.3) is 0 Å². The molecule has 0 bridgehead atoms. The third kappa shape index (κ3) is 3.06. The lowest BCUT2D eigenvalue weighted by atomic mass is 10.7. The Morgan fingerprint density at radius 3 is 2.83 bits per heavy atom. The molecule has 6 heteroatoms. The molecule has 0 saturated carbocycles. The molecule has 1 rings (SSSR count). The average Bonchev–Trinajstić information content (AvgIpc) is 2.06. The van der Waals surface area contributed by atoms with Gasteiger partial charge < -0.3 is 0 Å². The van der Waals surface area contributed by atoms with Gasteiger partial charge in [-0.1, -0.05) is 6.92 Å². The van der Waals surface area contributed by atoms with Gasteiger partial charge in [0.25, 0.3) is 0 Å². The number of hydrogen-bond donors (Lipinski definition) is 0. The van der Waals surface area contributed by atoms with Gasteiger partial charge in [-0.3, -0.25) is 0 Å². The van der Waals surface area contributed by atoms with Crippen LogP contribution in [0.4, 0.5) is 5.82 Å². The number of rotatable bonds is 3. The number of anilines is 1. The van der Waals surface area contributed by atoms with E-state index < -0.39 is 0 Å². The Balaban J connectivity index is 2.68. The van der Waals surface area contributed by atoms with Crippen molar-refractivity contribution in [3.8, 4) is 0 Å². The van der Waals surface area contributed by atoms with E-state index in [9.17, 15) is 0 Å². The fourth-order valence-corrected chi connectivity index (χ4v) is 2.32. The van der Waals surface area contributed by atoms with Crippen LogP contribution in [0.15, 0.2) is 17.0 Å². The first-order chi connectivity index (χ1) is 5.74. The standard InChI is InChI=1S/C6H7BrIN3S/c1-2-12-11(8)6-4-9-5(7)3-10-6/h3-4H,2H2,1H3. The van der Waals surface area contributed by atoms with Crippen molar-refractivity contribution in [3.63, 3.8) is 0 Å². The van der Waals surface area contributed by atoms with Crippen LogP contribution in [-0.4, -0.2) is 15.7 Å². The number of hydrogen-bond acceptors (Lipinski definition) is 4. The third-order valence-corrected chi connectivity index (χ3v) is 3.44. The van der Waals surface area contributed by atoms with E-state index in [0.717, 1.165) is 16.2 Å². The molecule has 0 aliphatic carbocycles. The molecule has 0 radical (unpaired) electrons. The van der Waals surface area contributed by atoms with Crippen LogP contribution in [0.5, 0.6) is 0 Å². The average molecular weight is 360 g/mol. The quantitative estimate of drug-likeness (QED) is 0.471. The van der Waals surface area contributed by atoms with Gasteiger partial charge in [-0.2, -0.15) is 0 Å². The minimum Gasteiger partial charge on any atom is -0.244 e. The second-order valence-corrected chi connectivity index (χ2v) is 5.49. The van der Waals surface area contributed by atoms with Gasteiger partial charge in [0.15, 0.2) is 5.82 Å². The molecule has 0 unspecified atom stereocenters. The van der Waals surface area contributed by atoms with Crippen LogP contribution in [0, 0.1) is 0 Å². The summed E-state index contributed by atoms with van der Waals surface area (Å²) in [7, 11) is 0. The predicted molar refractivity (Wildman–Crippen MR) is 64.4 cm³/mol. The van der Waals surface area contributed by atoms with Crippen LogP contribution >= 0.6 is 50.7 Å². The summed E-state index contributed by atoms with van der Waals surface area (Å²) in [5, 5.41) is 0. The first kappa shape index (κ1) is 10.5. The molecule has 0 aromatic carbocycles. The highest BCUT2D eigenvalue weighted by molar-refractivity contribution is 14.1. The van der Waals surface area contributed by atoms with Crippen LogP contribution in [0.2, 0.25) is 0 Å². The van der Waals surface area contributed by atoms with E-state index >= 15 is 0 Å². The van der Waals surface area contributed by atoms with Gasteiger partial charge in [0, 0.05) is 5.75 Å². The van der Waals surface area contributed by atoms with E-state index in [0.29, 0.717) is 0 Å². The molecule has 0 fully saturated rings. The molecule has 0 aliphatic heterocycles. The molecule has 1 aromatic rings. The lowest BCUT2D eigenvalue weighted by Gasteiger charge is -2.11. The molecule has 1 heterocycles. The van der Waals surface area contributed by atoms with E-state index in [1.165, 1.54) is 0 Å². The zero-order chi connectivity index (χ0) is 8.97. The Kier molecular flexibility index (Phi) is 4.59. The SMILES string of the molecule is CCSN(I)c1cnc(Br)cn1. The lowest BCUT2D eigenvalue weighted by molar-refractivity contribution is 1.16. The Morgan fingerprint density at radius 2 is 2.33 bits per heavy atom. The summed E-state index contributed by atoms with van der Waals surface area (Å²) in [6.07, 6.45) is 3.43. The van der Waals surface area contributed by atoms with Crippen molar-refractivity contribution in [2.24, 2.45) is 0 Å². The normalized spacial score (nSPS) is 9.92. The van der Waals surface area contributed by atoms with Gasteiger partial charge in [0.1, 0.15) is 4.60 Å². The van der Waals surface area contributed by atoms with Crippen LogP contribution < -0.4 is 2.52 Å². The Labute approximate surface area is 98.1 Å². The van der Waals surface area contributed by atoms with Gasteiger partial charge in [-0.05, 0) is 27.9 Å². The zero-order valence-electron chi connectivity index (χ0n) is 6.37. The first-order valence-electron chi connectivity index (χ1n) is 3.30. The van der Waals surface area contributed by atoms with Crippen molar-refractivity contribution in [1.82, 2.24) is 9.97 Å². The van der Waals surface area contributed by atoms with Gasteiger partial charge in [0.05, 0.1) is 35.3 Å². The first-order valence-corrected chi connectivity index (χ1v) is 6.00. The second-order valence-electron chi connectivity index (χ2n) is 1.86. The summed E-state index contributed by atoms with van der Waals surface area (Å²) < 4.78 is 2.73. The van der Waals surface area contributed by atoms with Crippen molar-refractivity contribution in [2.45, 2.75) is 6.92 Å². The molecule has 0 amide bonds. The summed E-state index contributed by atoms with van der Waals surface area (Å²) in [6.45, 7) is 2.10. The molecule has 3 nitrogen and oxygen atoms in total. The maximum absolute atomic E-state index is 4.19. The summed E-state index contributed by atoms with van der Waals surface area (Å²) in [5.74, 6) is 1.89. The number of nitrogens with zero attached hydrogens (tertiary/aromatic N) is 3. The van der Waals surface area contributed by atoms with Gasteiger partial charge in [-0.15, -0.1) is 0 Å². The molecular formula is C6H7BrIN3S. The highest BCUT2D eigenvalue weighted by Gasteiger charge is 2.03. The van der Waals surface area contributed by atoms with Crippen molar-refractivity contribution in [3.05, 3.63) is 17.0 Å². The topological polar surface area (TPSA) is 29.0 Å². The molecule has 12 heavy (non-hydrogen) atoms. The molecule has 0 aliphatic rings. The minimum absolute atomic E-state index is 0.762. The predicted octanol–water partition coefficient (Wildman–Crippen LogP) is 3.06. The Morgan fingerprint density at radius 1 is 1.58 bits per heavy atom. The van der Waals surface area contributed by atoms with E-state index in [2.05, 4.69) is 55.7 Å². The van der Waals surface area contributed by atoms with E-state index in [4.69, 9.17) is 0 Å². The fourth-order valence-electron chi connectivity index (χ4n) is 0.576. The molecule has 0 N–H and O–H groups in total. The van der Waals surface area contributed by atoms with Gasteiger partial charge in [-0.25, -0.2) is 12.5 Å². The van der Waals surface area contributed by atoms with Crippen molar-refractivity contribution in [1.29, 1.82) is 0 Å². The van der Waals surface area contributed by atoms with Gasteiger partial charge in [0.2, 0.25) is 0 Å². The highest BCUT2D eigenvalue weighted by atomic mass is 127. The Hall–Kier alpha value is 0.440. The van der Waals surface area contributed by atoms with E-state index in [1.807, 2.05) is 2.52 Å². The maximum atomic E-state index is 4.19. The highest BCUT2D eigenvalue weighted by Crippen LogP contribution is 2.23. The molecule has 1 aromatic heterocycles. The summed E-state index contributed by atoms with van der Waals surface area (Å²) in [5.41, 5.74) is 0. The number of aromatic nitrogens is 2. The van der Waals surface area contributed by atoms with Crippen LogP contribution in [-0.2, 0) is 0 Å². The van der Waals surface area contributed by atoms with Crippen molar-refractivity contribution < 1.29 is 0 Å². The number of halogens is 2. The Bertz CT molecular complexity index is 243. The van der Waals surface area contributed by atoms with E-state index in [-0.39, 0.29) is 0 Å². The molecule has 0 spiro atoms.